The molecule has 2 amide bonds. The van der Waals surface area contributed by atoms with E-state index in [1.807, 2.05) is 27.7 Å². The molecule has 1 N–H and O–H groups in total. The molecule has 0 aromatic heterocycles. The average molecular weight is 600 g/mol. The third kappa shape index (κ3) is 8.01. The summed E-state index contributed by atoms with van der Waals surface area (Å²) >= 11 is 6.45. The van der Waals surface area contributed by atoms with E-state index in [9.17, 15) is 18.0 Å². The standard InChI is InChI=1S/C31H38ClN3O5S/c1-6-27(31(37)33-19-22(2)3)34(20-24-11-7-8-12-26(24)32)30(36)21-35(28-13-9-10-14-29(28)40-5)41(38,39)25-17-15-23(4)16-18-25/h7-18,22,27H,6,19-21H2,1-5H3,(H,33,37)/t27-/m1/s1. The van der Waals surface area contributed by atoms with Crippen molar-refractivity contribution >= 4 is 39.1 Å². The number of rotatable bonds is 13. The van der Waals surface area contributed by atoms with Crippen molar-refractivity contribution in [1.82, 2.24) is 10.2 Å². The molecule has 0 saturated heterocycles. The number of anilines is 1. The van der Waals surface area contributed by atoms with Gasteiger partial charge in [0.2, 0.25) is 11.8 Å². The first-order valence-electron chi connectivity index (χ1n) is 13.5. The fraction of sp³-hybridized carbons (Fsp3) is 0.355. The van der Waals surface area contributed by atoms with Crippen molar-refractivity contribution < 1.29 is 22.7 Å². The number of benzene rings is 3. The minimum atomic E-state index is -4.21. The topological polar surface area (TPSA) is 96.0 Å². The Hall–Kier alpha value is -3.56. The second-order valence-corrected chi connectivity index (χ2v) is 12.4. The zero-order valence-corrected chi connectivity index (χ0v) is 25.7. The fourth-order valence-corrected chi connectivity index (χ4v) is 5.96. The molecule has 0 aliphatic rings. The Morgan fingerprint density at radius 2 is 1.61 bits per heavy atom. The van der Waals surface area contributed by atoms with Crippen LogP contribution in [0.3, 0.4) is 0 Å². The van der Waals surface area contributed by atoms with Crippen molar-refractivity contribution in [2.75, 3.05) is 24.5 Å². The minimum Gasteiger partial charge on any atom is -0.495 e. The summed E-state index contributed by atoms with van der Waals surface area (Å²) < 4.78 is 34.6. The van der Waals surface area contributed by atoms with Crippen LogP contribution in [-0.4, -0.2) is 51.4 Å². The first-order valence-corrected chi connectivity index (χ1v) is 15.3. The summed E-state index contributed by atoms with van der Waals surface area (Å²) in [6, 6.07) is 19.2. The van der Waals surface area contributed by atoms with Gasteiger partial charge in [-0.05, 0) is 55.2 Å². The van der Waals surface area contributed by atoms with Gasteiger partial charge in [-0.15, -0.1) is 0 Å². The van der Waals surface area contributed by atoms with Crippen LogP contribution in [-0.2, 0) is 26.2 Å². The highest BCUT2D eigenvalue weighted by atomic mass is 35.5. The van der Waals surface area contributed by atoms with E-state index in [4.69, 9.17) is 16.3 Å². The maximum absolute atomic E-state index is 14.2. The second kappa shape index (κ2) is 14.4. The van der Waals surface area contributed by atoms with Crippen LogP contribution in [0.1, 0.15) is 38.3 Å². The number of halogens is 1. The van der Waals surface area contributed by atoms with Gasteiger partial charge in [0.25, 0.3) is 10.0 Å². The number of nitrogens with zero attached hydrogens (tertiary/aromatic N) is 2. The minimum absolute atomic E-state index is 0.0243. The van der Waals surface area contributed by atoms with E-state index < -0.39 is 28.5 Å². The van der Waals surface area contributed by atoms with Gasteiger partial charge in [0.15, 0.2) is 0 Å². The number of sulfonamides is 1. The third-order valence-corrected chi connectivity index (χ3v) is 8.75. The molecule has 41 heavy (non-hydrogen) atoms. The number of aryl methyl sites for hydroxylation is 1. The van der Waals surface area contributed by atoms with E-state index in [0.717, 1.165) is 9.87 Å². The number of methoxy groups -OCH3 is 1. The van der Waals surface area contributed by atoms with E-state index in [2.05, 4.69) is 5.32 Å². The number of carbonyl (C=O) groups is 2. The van der Waals surface area contributed by atoms with Gasteiger partial charge in [0.05, 0.1) is 17.7 Å². The maximum atomic E-state index is 14.2. The molecule has 0 saturated carbocycles. The van der Waals surface area contributed by atoms with E-state index in [1.165, 1.54) is 24.1 Å². The number of hydrogen-bond acceptors (Lipinski definition) is 5. The molecule has 3 aromatic carbocycles. The quantitative estimate of drug-likeness (QED) is 0.283. The van der Waals surface area contributed by atoms with Crippen molar-refractivity contribution in [3.8, 4) is 5.75 Å². The molecule has 10 heteroatoms. The lowest BCUT2D eigenvalue weighted by Gasteiger charge is -2.33. The summed E-state index contributed by atoms with van der Waals surface area (Å²) in [6.07, 6.45) is 0.319. The van der Waals surface area contributed by atoms with Crippen molar-refractivity contribution in [2.45, 2.75) is 51.6 Å². The molecule has 0 spiro atoms. The number of nitrogens with one attached hydrogen (secondary N) is 1. The van der Waals surface area contributed by atoms with Gasteiger partial charge in [-0.2, -0.15) is 0 Å². The molecular weight excluding hydrogens is 562 g/mol. The Kier molecular flexibility index (Phi) is 11.2. The van der Waals surface area contributed by atoms with E-state index in [0.29, 0.717) is 23.6 Å². The zero-order chi connectivity index (χ0) is 30.2. The lowest BCUT2D eigenvalue weighted by atomic mass is 10.1. The number of ether oxygens (including phenoxy) is 1. The molecule has 3 aromatic rings. The molecule has 0 aliphatic carbocycles. The summed E-state index contributed by atoms with van der Waals surface area (Å²) in [5.74, 6) is -0.370. The smallest absolute Gasteiger partial charge is 0.264 e. The maximum Gasteiger partial charge on any atom is 0.264 e. The molecule has 0 aliphatic heterocycles. The number of para-hydroxylation sites is 2. The van der Waals surface area contributed by atoms with Gasteiger partial charge < -0.3 is 15.0 Å². The van der Waals surface area contributed by atoms with Crippen LogP contribution in [0, 0.1) is 12.8 Å². The normalized spacial score (nSPS) is 12.1. The predicted octanol–water partition coefficient (Wildman–Crippen LogP) is 5.43. The summed E-state index contributed by atoms with van der Waals surface area (Å²) in [5, 5.41) is 3.36. The molecule has 0 unspecified atom stereocenters. The highest BCUT2D eigenvalue weighted by Gasteiger charge is 2.35. The van der Waals surface area contributed by atoms with Crippen molar-refractivity contribution in [3.05, 3.63) is 88.9 Å². The van der Waals surface area contributed by atoms with Gasteiger partial charge in [-0.3, -0.25) is 13.9 Å². The van der Waals surface area contributed by atoms with Crippen LogP contribution in [0.25, 0.3) is 0 Å². The SMILES string of the molecule is CC[C@H](C(=O)NCC(C)C)N(Cc1ccccc1Cl)C(=O)CN(c1ccccc1OC)S(=O)(=O)c1ccc(C)cc1. The Bertz CT molecular complexity index is 1440. The summed E-state index contributed by atoms with van der Waals surface area (Å²) in [4.78, 5) is 28.9. The van der Waals surface area contributed by atoms with Crippen molar-refractivity contribution in [3.63, 3.8) is 0 Å². The molecule has 0 heterocycles. The molecule has 0 radical (unpaired) electrons. The molecule has 8 nitrogen and oxygen atoms in total. The summed E-state index contributed by atoms with van der Waals surface area (Å²) in [5.41, 5.74) is 1.75. The monoisotopic (exact) mass is 599 g/mol. The Balaban J connectivity index is 2.09. The predicted molar refractivity (Wildman–Crippen MR) is 163 cm³/mol. The van der Waals surface area contributed by atoms with E-state index in [-0.39, 0.29) is 34.7 Å². The summed E-state index contributed by atoms with van der Waals surface area (Å²) in [6.45, 7) is 7.54. The highest BCUT2D eigenvalue weighted by molar-refractivity contribution is 7.92. The van der Waals surface area contributed by atoms with Crippen LogP contribution in [0.4, 0.5) is 5.69 Å². The molecule has 0 bridgehead atoms. The van der Waals surface area contributed by atoms with Gasteiger partial charge >= 0.3 is 0 Å². The Labute approximate surface area is 248 Å². The Morgan fingerprint density at radius 3 is 2.22 bits per heavy atom. The highest BCUT2D eigenvalue weighted by Crippen LogP contribution is 2.33. The first-order chi connectivity index (χ1) is 19.5. The Morgan fingerprint density at radius 1 is 0.976 bits per heavy atom. The summed E-state index contributed by atoms with van der Waals surface area (Å²) in [7, 11) is -2.77. The van der Waals surface area contributed by atoms with Gasteiger partial charge in [-0.25, -0.2) is 8.42 Å². The molecular formula is C31H38ClN3O5S. The lowest BCUT2D eigenvalue weighted by Crippen LogP contribution is -2.52. The van der Waals surface area contributed by atoms with Crippen LogP contribution >= 0.6 is 11.6 Å². The van der Waals surface area contributed by atoms with Gasteiger partial charge in [-0.1, -0.05) is 80.4 Å². The van der Waals surface area contributed by atoms with Gasteiger partial charge in [0, 0.05) is 18.1 Å². The second-order valence-electron chi connectivity index (χ2n) is 10.2. The number of carbonyl (C=O) groups excluding carboxylic acids is 2. The van der Waals surface area contributed by atoms with E-state index >= 15 is 0 Å². The first kappa shape index (κ1) is 32.0. The van der Waals surface area contributed by atoms with Crippen molar-refractivity contribution in [2.24, 2.45) is 5.92 Å². The molecule has 3 rings (SSSR count). The largest absolute Gasteiger partial charge is 0.495 e. The van der Waals surface area contributed by atoms with E-state index in [1.54, 1.807) is 60.7 Å². The molecule has 1 atom stereocenters. The lowest BCUT2D eigenvalue weighted by molar-refractivity contribution is -0.140. The van der Waals surface area contributed by atoms with Crippen LogP contribution < -0.4 is 14.4 Å². The van der Waals surface area contributed by atoms with Crippen LogP contribution in [0.2, 0.25) is 5.02 Å². The van der Waals surface area contributed by atoms with Crippen LogP contribution in [0.15, 0.2) is 77.7 Å². The van der Waals surface area contributed by atoms with Gasteiger partial charge in [0.1, 0.15) is 18.3 Å². The molecule has 220 valence electrons. The van der Waals surface area contributed by atoms with Crippen LogP contribution in [0.5, 0.6) is 5.75 Å². The number of amides is 2. The fourth-order valence-electron chi connectivity index (χ4n) is 4.34. The zero-order valence-electron chi connectivity index (χ0n) is 24.1. The molecule has 0 fully saturated rings. The third-order valence-electron chi connectivity index (χ3n) is 6.61. The number of hydrogen-bond donors (Lipinski definition) is 1. The average Bonchev–Trinajstić information content (AvgIpc) is 2.95. The van der Waals surface area contributed by atoms with Crippen molar-refractivity contribution in [1.29, 1.82) is 0 Å².